The number of carbonyl (C=O) groups is 2. The van der Waals surface area contributed by atoms with Gasteiger partial charge in [-0.2, -0.15) is 0 Å². The molecule has 1 aromatic heterocycles. The number of thioether (sulfide) groups is 1. The lowest BCUT2D eigenvalue weighted by Gasteiger charge is -2.13. The zero-order valence-electron chi connectivity index (χ0n) is 11.9. The number of aromatic nitrogens is 2. The minimum absolute atomic E-state index is 0.181. The van der Waals surface area contributed by atoms with E-state index in [2.05, 4.69) is 9.97 Å². The van der Waals surface area contributed by atoms with E-state index in [9.17, 15) is 9.59 Å². The fraction of sp³-hybridized carbons (Fsp3) is 0.250. The predicted molar refractivity (Wildman–Crippen MR) is 83.8 cm³/mol. The number of imide groups is 1. The van der Waals surface area contributed by atoms with Crippen LogP contribution in [0.4, 0.5) is 0 Å². The molecule has 2 amide bonds. The minimum atomic E-state index is -0.181. The number of benzene rings is 1. The van der Waals surface area contributed by atoms with Gasteiger partial charge in [0.05, 0.1) is 11.1 Å². The van der Waals surface area contributed by atoms with Crippen LogP contribution in [0.1, 0.15) is 33.6 Å². The molecule has 0 unspecified atom stereocenters. The first-order valence-electron chi connectivity index (χ1n) is 7.12. The van der Waals surface area contributed by atoms with Gasteiger partial charge in [0.15, 0.2) is 5.16 Å². The Morgan fingerprint density at radius 3 is 2.18 bits per heavy atom. The van der Waals surface area contributed by atoms with Gasteiger partial charge >= 0.3 is 0 Å². The molecule has 1 aromatic carbocycles. The van der Waals surface area contributed by atoms with Crippen LogP contribution in [0.5, 0.6) is 0 Å². The highest BCUT2D eigenvalue weighted by atomic mass is 32.2. The van der Waals surface area contributed by atoms with E-state index in [1.165, 1.54) is 4.90 Å². The summed E-state index contributed by atoms with van der Waals surface area (Å²) < 4.78 is 0. The molecule has 1 aliphatic heterocycles. The van der Waals surface area contributed by atoms with E-state index in [-0.39, 0.29) is 11.8 Å². The molecule has 0 fully saturated rings. The van der Waals surface area contributed by atoms with Crippen molar-refractivity contribution in [3.05, 3.63) is 53.9 Å². The molecule has 2 heterocycles. The molecule has 2 aromatic rings. The largest absolute Gasteiger partial charge is 0.274 e. The fourth-order valence-corrected chi connectivity index (χ4v) is 3.14. The molecule has 3 rings (SSSR count). The first kappa shape index (κ1) is 14.7. The van der Waals surface area contributed by atoms with Crippen molar-refractivity contribution in [2.75, 3.05) is 12.3 Å². The van der Waals surface area contributed by atoms with E-state index < -0.39 is 0 Å². The Hall–Kier alpha value is -2.21. The number of rotatable bonds is 6. The third-order valence-corrected chi connectivity index (χ3v) is 4.39. The summed E-state index contributed by atoms with van der Waals surface area (Å²) in [6.45, 7) is 0.461. The van der Waals surface area contributed by atoms with E-state index in [0.717, 1.165) is 23.8 Å². The molecule has 0 spiro atoms. The lowest BCUT2D eigenvalue weighted by Crippen LogP contribution is -2.30. The first-order chi connectivity index (χ1) is 10.8. The van der Waals surface area contributed by atoms with E-state index >= 15 is 0 Å². The molecule has 0 saturated heterocycles. The molecule has 5 nitrogen and oxygen atoms in total. The quantitative estimate of drug-likeness (QED) is 0.355. The summed E-state index contributed by atoms with van der Waals surface area (Å²) in [5.74, 6) is 0.506. The number of hydrogen-bond donors (Lipinski definition) is 0. The van der Waals surface area contributed by atoms with Crippen molar-refractivity contribution < 1.29 is 9.59 Å². The Labute approximate surface area is 132 Å². The van der Waals surface area contributed by atoms with Gasteiger partial charge in [0.1, 0.15) is 0 Å². The maximum atomic E-state index is 12.2. The Bertz CT molecular complexity index is 656. The second-order valence-electron chi connectivity index (χ2n) is 4.89. The monoisotopic (exact) mass is 313 g/mol. The second-order valence-corrected chi connectivity index (χ2v) is 5.96. The van der Waals surface area contributed by atoms with E-state index in [0.29, 0.717) is 17.7 Å². The van der Waals surface area contributed by atoms with Crippen LogP contribution in [-0.4, -0.2) is 39.0 Å². The van der Waals surface area contributed by atoms with Crippen LogP contribution in [0.2, 0.25) is 0 Å². The molecule has 112 valence electrons. The Kier molecular flexibility index (Phi) is 4.48. The van der Waals surface area contributed by atoms with Crippen molar-refractivity contribution in [2.24, 2.45) is 0 Å². The smallest absolute Gasteiger partial charge is 0.261 e. The van der Waals surface area contributed by atoms with Crippen molar-refractivity contribution in [2.45, 2.75) is 18.0 Å². The predicted octanol–water partition coefficient (Wildman–Crippen LogP) is 2.65. The summed E-state index contributed by atoms with van der Waals surface area (Å²) in [5, 5.41) is 0.753. The van der Waals surface area contributed by atoms with Crippen LogP contribution in [0.25, 0.3) is 0 Å². The molecule has 0 atom stereocenters. The van der Waals surface area contributed by atoms with Crippen molar-refractivity contribution in [3.8, 4) is 0 Å². The molecule has 0 N–H and O–H groups in total. The third kappa shape index (κ3) is 3.01. The van der Waals surface area contributed by atoms with E-state index in [1.807, 2.05) is 0 Å². The number of amides is 2. The topological polar surface area (TPSA) is 63.2 Å². The first-order valence-corrected chi connectivity index (χ1v) is 8.11. The van der Waals surface area contributed by atoms with Gasteiger partial charge in [-0.05, 0) is 31.0 Å². The summed E-state index contributed by atoms with van der Waals surface area (Å²) >= 11 is 1.58. The zero-order chi connectivity index (χ0) is 15.4. The molecular formula is C16H15N3O2S. The van der Waals surface area contributed by atoms with Gasteiger partial charge in [-0.3, -0.25) is 14.5 Å². The molecule has 1 aliphatic rings. The Balaban J connectivity index is 1.47. The molecular weight excluding hydrogens is 298 g/mol. The van der Waals surface area contributed by atoms with Gasteiger partial charge in [-0.1, -0.05) is 23.9 Å². The maximum Gasteiger partial charge on any atom is 0.261 e. The van der Waals surface area contributed by atoms with Gasteiger partial charge in [0, 0.05) is 24.7 Å². The van der Waals surface area contributed by atoms with Crippen LogP contribution in [0.15, 0.2) is 47.9 Å². The van der Waals surface area contributed by atoms with Crippen LogP contribution < -0.4 is 0 Å². The normalized spacial score (nSPS) is 13.5. The minimum Gasteiger partial charge on any atom is -0.274 e. The van der Waals surface area contributed by atoms with E-state index in [4.69, 9.17) is 0 Å². The highest BCUT2D eigenvalue weighted by Crippen LogP contribution is 2.23. The van der Waals surface area contributed by atoms with Crippen LogP contribution in [-0.2, 0) is 0 Å². The highest BCUT2D eigenvalue weighted by molar-refractivity contribution is 7.99. The summed E-state index contributed by atoms with van der Waals surface area (Å²) in [5.41, 5.74) is 1.03. The fourth-order valence-electron chi connectivity index (χ4n) is 2.34. The number of unbranched alkanes of at least 4 members (excludes halogenated alkanes) is 1. The van der Waals surface area contributed by atoms with Gasteiger partial charge in [0.2, 0.25) is 0 Å². The van der Waals surface area contributed by atoms with E-state index in [1.54, 1.807) is 54.5 Å². The maximum absolute atomic E-state index is 12.2. The molecule has 0 bridgehead atoms. The molecule has 22 heavy (non-hydrogen) atoms. The standard InChI is InChI=1S/C16H15N3O2S/c20-14-12-6-1-2-7-13(12)15(21)19(14)10-3-4-11-22-16-17-8-5-9-18-16/h1-2,5-9H,3-4,10-11H2. The summed E-state index contributed by atoms with van der Waals surface area (Å²) in [7, 11) is 0. The van der Waals surface area contributed by atoms with Crippen LogP contribution in [0, 0.1) is 0 Å². The molecule has 0 saturated carbocycles. The lowest BCUT2D eigenvalue weighted by atomic mass is 10.1. The Morgan fingerprint density at radius 1 is 0.909 bits per heavy atom. The van der Waals surface area contributed by atoms with Gasteiger partial charge in [-0.15, -0.1) is 0 Å². The lowest BCUT2D eigenvalue weighted by molar-refractivity contribution is 0.0652. The van der Waals surface area contributed by atoms with Gasteiger partial charge in [-0.25, -0.2) is 9.97 Å². The summed E-state index contributed by atoms with van der Waals surface area (Å²) in [6.07, 6.45) is 5.11. The number of fused-ring (bicyclic) bond motifs is 1. The van der Waals surface area contributed by atoms with Crippen molar-refractivity contribution in [1.29, 1.82) is 0 Å². The van der Waals surface area contributed by atoms with Crippen molar-refractivity contribution in [1.82, 2.24) is 14.9 Å². The van der Waals surface area contributed by atoms with Crippen molar-refractivity contribution >= 4 is 23.6 Å². The molecule has 6 heteroatoms. The van der Waals surface area contributed by atoms with Crippen LogP contribution in [0.3, 0.4) is 0 Å². The van der Waals surface area contributed by atoms with Crippen LogP contribution >= 0.6 is 11.8 Å². The van der Waals surface area contributed by atoms with Crippen molar-refractivity contribution in [3.63, 3.8) is 0 Å². The Morgan fingerprint density at radius 2 is 1.55 bits per heavy atom. The SMILES string of the molecule is O=C1c2ccccc2C(=O)N1CCCCSc1ncccn1. The second kappa shape index (κ2) is 6.70. The highest BCUT2D eigenvalue weighted by Gasteiger charge is 2.34. The molecule has 0 radical (unpaired) electrons. The number of hydrogen-bond acceptors (Lipinski definition) is 5. The summed E-state index contributed by atoms with van der Waals surface area (Å²) in [4.78, 5) is 34.0. The van der Waals surface area contributed by atoms with Gasteiger partial charge in [0.25, 0.3) is 11.8 Å². The third-order valence-electron chi connectivity index (χ3n) is 3.43. The number of carbonyl (C=O) groups excluding carboxylic acids is 2. The van der Waals surface area contributed by atoms with Gasteiger partial charge < -0.3 is 0 Å². The molecule has 0 aliphatic carbocycles. The summed E-state index contributed by atoms with van der Waals surface area (Å²) in [6, 6.07) is 8.76. The zero-order valence-corrected chi connectivity index (χ0v) is 12.8. The number of nitrogens with zero attached hydrogens (tertiary/aromatic N) is 3. The average molecular weight is 313 g/mol. The average Bonchev–Trinajstić information content (AvgIpc) is 2.81.